The minimum atomic E-state index is 0. The van der Waals surface area contributed by atoms with Crippen molar-refractivity contribution >= 4 is 18.5 Å². The van der Waals surface area contributed by atoms with E-state index in [1.54, 1.807) is 0 Å². The predicted octanol–water partition coefficient (Wildman–Crippen LogP) is 3.75. The Labute approximate surface area is 115 Å². The van der Waals surface area contributed by atoms with Crippen molar-refractivity contribution in [3.63, 3.8) is 0 Å². The second-order valence-corrected chi connectivity index (χ2v) is 4.60. The van der Waals surface area contributed by atoms with Gasteiger partial charge >= 0.3 is 0 Å². The van der Waals surface area contributed by atoms with E-state index in [-0.39, 0.29) is 12.4 Å². The largest absolute Gasteiger partial charge is 0.377 e. The van der Waals surface area contributed by atoms with Crippen LogP contribution >= 0.6 is 12.4 Å². The van der Waals surface area contributed by atoms with Crippen LogP contribution in [0.1, 0.15) is 36.0 Å². The first-order valence-electron chi connectivity index (χ1n) is 6.22. The Morgan fingerprint density at radius 2 is 1.94 bits per heavy atom. The van der Waals surface area contributed by atoms with E-state index in [4.69, 9.17) is 5.26 Å². The Morgan fingerprint density at radius 1 is 1.22 bits per heavy atom. The smallest absolute Gasteiger partial charge is 0.0994 e. The van der Waals surface area contributed by atoms with Crippen molar-refractivity contribution in [3.05, 3.63) is 41.1 Å². The Balaban J connectivity index is 0.00000162. The zero-order valence-corrected chi connectivity index (χ0v) is 11.5. The number of aryl methyl sites for hydroxylation is 1. The van der Waals surface area contributed by atoms with E-state index in [2.05, 4.69) is 29.3 Å². The van der Waals surface area contributed by atoms with E-state index in [1.807, 2.05) is 19.1 Å². The van der Waals surface area contributed by atoms with Crippen LogP contribution in [0.15, 0.2) is 24.4 Å². The second kappa shape index (κ2) is 7.08. The number of likely N-dealkylation sites (tertiary alicyclic amines) is 1. The average molecular weight is 263 g/mol. The Kier molecular flexibility index (Phi) is 5.74. The standard InChI is InChI=1S/C15H18N2.ClH/c1-13-11-14(5-6-15(13)12-16)7-10-17-8-3-2-4-9-17;/h5-7,10-11H,2-4,8-9H2,1H3;1H/b10-7+;. The number of rotatable bonds is 2. The van der Waals surface area contributed by atoms with E-state index in [9.17, 15) is 0 Å². The fourth-order valence-electron chi connectivity index (χ4n) is 2.17. The molecule has 0 N–H and O–H groups in total. The van der Waals surface area contributed by atoms with Gasteiger partial charge < -0.3 is 4.90 Å². The van der Waals surface area contributed by atoms with E-state index < -0.39 is 0 Å². The Hall–Kier alpha value is -1.46. The number of hydrogen-bond acceptors (Lipinski definition) is 2. The molecule has 0 saturated carbocycles. The van der Waals surface area contributed by atoms with Crippen molar-refractivity contribution < 1.29 is 0 Å². The monoisotopic (exact) mass is 262 g/mol. The van der Waals surface area contributed by atoms with Gasteiger partial charge in [0.1, 0.15) is 0 Å². The molecule has 1 aliphatic rings. The molecular formula is C15H19ClN2. The van der Waals surface area contributed by atoms with Gasteiger partial charge in [-0.15, -0.1) is 12.4 Å². The van der Waals surface area contributed by atoms with Crippen molar-refractivity contribution in [1.29, 1.82) is 5.26 Å². The Morgan fingerprint density at radius 3 is 2.56 bits per heavy atom. The van der Waals surface area contributed by atoms with Crippen molar-refractivity contribution in [1.82, 2.24) is 4.90 Å². The molecule has 0 radical (unpaired) electrons. The van der Waals surface area contributed by atoms with Gasteiger partial charge in [-0.1, -0.05) is 12.1 Å². The van der Waals surface area contributed by atoms with E-state index in [1.165, 1.54) is 37.9 Å². The molecule has 3 heteroatoms. The summed E-state index contributed by atoms with van der Waals surface area (Å²) in [6, 6.07) is 8.16. The molecule has 18 heavy (non-hydrogen) atoms. The molecule has 0 spiro atoms. The highest BCUT2D eigenvalue weighted by atomic mass is 35.5. The van der Waals surface area contributed by atoms with Gasteiger partial charge in [-0.25, -0.2) is 0 Å². The van der Waals surface area contributed by atoms with Gasteiger partial charge in [-0.2, -0.15) is 5.26 Å². The molecule has 1 aromatic rings. The van der Waals surface area contributed by atoms with Gasteiger partial charge in [0.15, 0.2) is 0 Å². The zero-order valence-electron chi connectivity index (χ0n) is 10.7. The molecule has 1 heterocycles. The number of benzene rings is 1. The fourth-order valence-corrected chi connectivity index (χ4v) is 2.17. The molecule has 0 atom stereocenters. The topological polar surface area (TPSA) is 27.0 Å². The number of halogens is 1. The summed E-state index contributed by atoms with van der Waals surface area (Å²) in [6.07, 6.45) is 8.28. The summed E-state index contributed by atoms with van der Waals surface area (Å²) in [7, 11) is 0. The number of hydrogen-bond donors (Lipinski definition) is 0. The van der Waals surface area contributed by atoms with Gasteiger partial charge in [0.2, 0.25) is 0 Å². The minimum absolute atomic E-state index is 0. The minimum Gasteiger partial charge on any atom is -0.377 e. The molecule has 0 aromatic heterocycles. The van der Waals surface area contributed by atoms with Crippen LogP contribution in [-0.4, -0.2) is 18.0 Å². The van der Waals surface area contributed by atoms with Crippen LogP contribution in [-0.2, 0) is 0 Å². The number of nitriles is 1. The zero-order chi connectivity index (χ0) is 12.1. The van der Waals surface area contributed by atoms with Crippen LogP contribution in [0, 0.1) is 18.3 Å². The molecule has 0 unspecified atom stereocenters. The van der Waals surface area contributed by atoms with Crippen LogP contribution in [0.5, 0.6) is 0 Å². The van der Waals surface area contributed by atoms with Crippen molar-refractivity contribution in [2.24, 2.45) is 0 Å². The highest BCUT2D eigenvalue weighted by Crippen LogP contribution is 2.13. The summed E-state index contributed by atoms with van der Waals surface area (Å²) in [5.74, 6) is 0. The van der Waals surface area contributed by atoms with Gasteiger partial charge in [0.25, 0.3) is 0 Å². The average Bonchev–Trinajstić information content (AvgIpc) is 2.38. The van der Waals surface area contributed by atoms with Crippen LogP contribution in [0.2, 0.25) is 0 Å². The molecule has 96 valence electrons. The maximum atomic E-state index is 8.87. The first kappa shape index (κ1) is 14.6. The SMILES string of the molecule is Cc1cc(/C=C/N2CCCCC2)ccc1C#N.Cl. The molecule has 2 nitrogen and oxygen atoms in total. The highest BCUT2D eigenvalue weighted by Gasteiger charge is 2.05. The highest BCUT2D eigenvalue weighted by molar-refractivity contribution is 5.85. The molecular weight excluding hydrogens is 244 g/mol. The molecule has 2 rings (SSSR count). The van der Waals surface area contributed by atoms with Crippen LogP contribution in [0.3, 0.4) is 0 Å². The second-order valence-electron chi connectivity index (χ2n) is 4.60. The molecule has 1 aliphatic heterocycles. The quantitative estimate of drug-likeness (QED) is 0.812. The van der Waals surface area contributed by atoms with Crippen molar-refractivity contribution in [3.8, 4) is 6.07 Å². The number of piperidine rings is 1. The van der Waals surface area contributed by atoms with Gasteiger partial charge in [-0.3, -0.25) is 0 Å². The van der Waals surface area contributed by atoms with Crippen LogP contribution in [0.25, 0.3) is 6.08 Å². The summed E-state index contributed by atoms with van der Waals surface area (Å²) in [6.45, 7) is 4.33. The third kappa shape index (κ3) is 3.78. The maximum absolute atomic E-state index is 8.87. The van der Waals surface area contributed by atoms with Gasteiger partial charge in [-0.05, 0) is 55.7 Å². The lowest BCUT2D eigenvalue weighted by molar-refractivity contribution is 0.311. The van der Waals surface area contributed by atoms with Crippen molar-refractivity contribution in [2.75, 3.05) is 13.1 Å². The summed E-state index contributed by atoms with van der Waals surface area (Å²) in [5, 5.41) is 8.87. The normalized spacial score (nSPS) is 15.2. The van der Waals surface area contributed by atoms with Crippen LogP contribution < -0.4 is 0 Å². The lowest BCUT2D eigenvalue weighted by Crippen LogP contribution is -2.23. The lowest BCUT2D eigenvalue weighted by Gasteiger charge is -2.24. The lowest BCUT2D eigenvalue weighted by atomic mass is 10.1. The first-order chi connectivity index (χ1) is 8.29. The molecule has 0 bridgehead atoms. The predicted molar refractivity (Wildman–Crippen MR) is 77.6 cm³/mol. The van der Waals surface area contributed by atoms with E-state index in [0.29, 0.717) is 0 Å². The summed E-state index contributed by atoms with van der Waals surface area (Å²) in [5.41, 5.74) is 2.99. The molecule has 1 fully saturated rings. The number of nitrogens with zero attached hydrogens (tertiary/aromatic N) is 2. The Bertz CT molecular complexity index is 454. The maximum Gasteiger partial charge on any atom is 0.0994 e. The third-order valence-electron chi connectivity index (χ3n) is 3.24. The summed E-state index contributed by atoms with van der Waals surface area (Å²) in [4.78, 5) is 2.37. The van der Waals surface area contributed by atoms with E-state index >= 15 is 0 Å². The van der Waals surface area contributed by atoms with Crippen molar-refractivity contribution in [2.45, 2.75) is 26.2 Å². The molecule has 1 aromatic carbocycles. The van der Waals surface area contributed by atoms with E-state index in [0.717, 1.165) is 11.1 Å². The van der Waals surface area contributed by atoms with Gasteiger partial charge in [0.05, 0.1) is 11.6 Å². The fraction of sp³-hybridized carbons (Fsp3) is 0.400. The third-order valence-corrected chi connectivity index (χ3v) is 3.24. The summed E-state index contributed by atoms with van der Waals surface area (Å²) >= 11 is 0. The molecule has 1 saturated heterocycles. The molecule has 0 amide bonds. The summed E-state index contributed by atoms with van der Waals surface area (Å²) < 4.78 is 0. The van der Waals surface area contributed by atoms with Gasteiger partial charge in [0, 0.05) is 13.1 Å². The molecule has 0 aliphatic carbocycles. The first-order valence-corrected chi connectivity index (χ1v) is 6.22. The van der Waals surface area contributed by atoms with Crippen LogP contribution in [0.4, 0.5) is 0 Å².